The molecule has 1 aliphatic heterocycles. The topological polar surface area (TPSA) is 32.3 Å². The van der Waals surface area contributed by atoms with Crippen molar-refractivity contribution in [3.63, 3.8) is 0 Å². The van der Waals surface area contributed by atoms with Gasteiger partial charge in [-0.2, -0.15) is 0 Å². The highest BCUT2D eigenvalue weighted by Gasteiger charge is 2.29. The summed E-state index contributed by atoms with van der Waals surface area (Å²) in [5.41, 5.74) is 1.49. The summed E-state index contributed by atoms with van der Waals surface area (Å²) >= 11 is 0. The van der Waals surface area contributed by atoms with Crippen LogP contribution in [0.15, 0.2) is 24.3 Å². The lowest BCUT2D eigenvalue weighted by Crippen LogP contribution is -2.49. The molecule has 1 heterocycles. The average molecular weight is 219 g/mol. The Labute approximate surface area is 97.7 Å². The van der Waals surface area contributed by atoms with Crippen LogP contribution in [-0.2, 0) is 6.42 Å². The molecule has 1 atom stereocenters. The minimum Gasteiger partial charge on any atom is -0.508 e. The Morgan fingerprint density at radius 3 is 2.88 bits per heavy atom. The first-order valence-corrected chi connectivity index (χ1v) is 6.27. The lowest BCUT2D eigenvalue weighted by atomic mass is 9.81. The molecule has 0 radical (unpaired) electrons. The summed E-state index contributed by atoms with van der Waals surface area (Å²) in [6.07, 6.45) is 6.04. The van der Waals surface area contributed by atoms with E-state index in [1.165, 1.54) is 24.8 Å². The Kier molecular flexibility index (Phi) is 3.49. The smallest absolute Gasteiger partial charge is 0.115 e. The summed E-state index contributed by atoms with van der Waals surface area (Å²) < 4.78 is 0. The van der Waals surface area contributed by atoms with Crippen molar-refractivity contribution in [2.24, 2.45) is 0 Å². The highest BCUT2D eigenvalue weighted by molar-refractivity contribution is 5.28. The Bertz CT molecular complexity index is 342. The maximum absolute atomic E-state index is 9.48. The van der Waals surface area contributed by atoms with E-state index in [9.17, 15) is 5.11 Å². The van der Waals surface area contributed by atoms with Crippen molar-refractivity contribution in [1.29, 1.82) is 0 Å². The second-order valence-electron chi connectivity index (χ2n) is 4.86. The molecule has 0 aliphatic carbocycles. The summed E-state index contributed by atoms with van der Waals surface area (Å²) in [6, 6.07) is 7.65. The zero-order valence-corrected chi connectivity index (χ0v) is 10.00. The molecule has 1 fully saturated rings. The molecular weight excluding hydrogens is 198 g/mol. The molecule has 1 saturated heterocycles. The third kappa shape index (κ3) is 2.56. The van der Waals surface area contributed by atoms with Gasteiger partial charge in [0.05, 0.1) is 0 Å². The van der Waals surface area contributed by atoms with Gasteiger partial charge >= 0.3 is 0 Å². The number of piperidine rings is 1. The third-order valence-corrected chi connectivity index (χ3v) is 3.71. The summed E-state index contributed by atoms with van der Waals surface area (Å²) in [7, 11) is 0. The number of aromatic hydroxyl groups is 1. The molecule has 0 saturated carbocycles. The van der Waals surface area contributed by atoms with Gasteiger partial charge in [-0.1, -0.05) is 25.5 Å². The van der Waals surface area contributed by atoms with Gasteiger partial charge in [0.15, 0.2) is 0 Å². The summed E-state index contributed by atoms with van der Waals surface area (Å²) in [6.45, 7) is 3.38. The average Bonchev–Trinajstić information content (AvgIpc) is 2.30. The third-order valence-electron chi connectivity index (χ3n) is 3.71. The summed E-state index contributed by atoms with van der Waals surface area (Å²) in [4.78, 5) is 0. The van der Waals surface area contributed by atoms with Crippen molar-refractivity contribution in [2.75, 3.05) is 6.54 Å². The highest BCUT2D eigenvalue weighted by Crippen LogP contribution is 2.27. The molecule has 16 heavy (non-hydrogen) atoms. The normalized spacial score (nSPS) is 25.6. The van der Waals surface area contributed by atoms with Crippen LogP contribution in [-0.4, -0.2) is 17.2 Å². The van der Waals surface area contributed by atoms with E-state index in [-0.39, 0.29) is 5.54 Å². The molecule has 88 valence electrons. The number of phenols is 1. The first-order chi connectivity index (χ1) is 7.74. The Morgan fingerprint density at radius 2 is 2.25 bits per heavy atom. The van der Waals surface area contributed by atoms with Crippen LogP contribution in [0, 0.1) is 0 Å². The van der Waals surface area contributed by atoms with Gasteiger partial charge in [0, 0.05) is 5.54 Å². The van der Waals surface area contributed by atoms with E-state index in [0.717, 1.165) is 19.4 Å². The second kappa shape index (κ2) is 4.88. The van der Waals surface area contributed by atoms with Gasteiger partial charge in [0.2, 0.25) is 0 Å². The number of rotatable bonds is 3. The standard InChI is InChI=1S/C14H21NO/c1-2-14(8-3-4-9-15-14)11-12-6-5-7-13(16)10-12/h5-7,10,15-16H,2-4,8-9,11H2,1H3. The van der Waals surface area contributed by atoms with Gasteiger partial charge in [-0.25, -0.2) is 0 Å². The molecule has 1 aromatic carbocycles. The molecule has 0 amide bonds. The zero-order valence-electron chi connectivity index (χ0n) is 10.00. The molecule has 0 aromatic heterocycles. The molecule has 2 rings (SSSR count). The summed E-state index contributed by atoms with van der Waals surface area (Å²) in [5.74, 6) is 0.375. The van der Waals surface area contributed by atoms with Crippen LogP contribution >= 0.6 is 0 Å². The predicted molar refractivity (Wildman–Crippen MR) is 66.7 cm³/mol. The van der Waals surface area contributed by atoms with Crippen LogP contribution < -0.4 is 5.32 Å². The van der Waals surface area contributed by atoms with Crippen LogP contribution in [0.4, 0.5) is 0 Å². The Morgan fingerprint density at radius 1 is 1.38 bits per heavy atom. The lowest BCUT2D eigenvalue weighted by Gasteiger charge is -2.38. The number of nitrogens with one attached hydrogen (secondary N) is 1. The molecule has 0 spiro atoms. The highest BCUT2D eigenvalue weighted by atomic mass is 16.3. The van der Waals surface area contributed by atoms with Gasteiger partial charge in [-0.15, -0.1) is 0 Å². The van der Waals surface area contributed by atoms with Crippen molar-refractivity contribution in [3.8, 4) is 5.75 Å². The maximum Gasteiger partial charge on any atom is 0.115 e. The fourth-order valence-electron chi connectivity index (χ4n) is 2.67. The predicted octanol–water partition coefficient (Wildman–Crippen LogP) is 2.86. The number of hydrogen-bond acceptors (Lipinski definition) is 2. The van der Waals surface area contributed by atoms with Crippen molar-refractivity contribution in [2.45, 2.75) is 44.6 Å². The Hall–Kier alpha value is -1.02. The second-order valence-corrected chi connectivity index (χ2v) is 4.86. The number of benzene rings is 1. The van der Waals surface area contributed by atoms with E-state index in [1.807, 2.05) is 12.1 Å². The van der Waals surface area contributed by atoms with Gasteiger partial charge < -0.3 is 10.4 Å². The molecule has 1 aromatic rings. The van der Waals surface area contributed by atoms with Crippen LogP contribution in [0.3, 0.4) is 0 Å². The molecule has 2 nitrogen and oxygen atoms in total. The molecule has 1 aliphatic rings. The fourth-order valence-corrected chi connectivity index (χ4v) is 2.67. The van der Waals surface area contributed by atoms with Crippen LogP contribution in [0.5, 0.6) is 5.75 Å². The molecular formula is C14H21NO. The Balaban J connectivity index is 2.11. The summed E-state index contributed by atoms with van der Waals surface area (Å²) in [5, 5.41) is 13.1. The maximum atomic E-state index is 9.48. The monoisotopic (exact) mass is 219 g/mol. The van der Waals surface area contributed by atoms with E-state index in [0.29, 0.717) is 5.75 Å². The van der Waals surface area contributed by atoms with Crippen molar-refractivity contribution >= 4 is 0 Å². The van der Waals surface area contributed by atoms with E-state index in [4.69, 9.17) is 0 Å². The number of phenolic OH excluding ortho intramolecular Hbond substituents is 1. The molecule has 2 N–H and O–H groups in total. The van der Waals surface area contributed by atoms with Gasteiger partial charge in [-0.3, -0.25) is 0 Å². The van der Waals surface area contributed by atoms with Gasteiger partial charge in [-0.05, 0) is 49.9 Å². The van der Waals surface area contributed by atoms with Gasteiger partial charge in [0.25, 0.3) is 0 Å². The minimum atomic E-state index is 0.256. The van der Waals surface area contributed by atoms with E-state index < -0.39 is 0 Å². The van der Waals surface area contributed by atoms with E-state index in [2.05, 4.69) is 18.3 Å². The van der Waals surface area contributed by atoms with E-state index in [1.54, 1.807) is 6.07 Å². The zero-order chi connectivity index (χ0) is 11.4. The van der Waals surface area contributed by atoms with Crippen LogP contribution in [0.25, 0.3) is 0 Å². The molecule has 2 heteroatoms. The van der Waals surface area contributed by atoms with Crippen molar-refractivity contribution in [1.82, 2.24) is 5.32 Å². The van der Waals surface area contributed by atoms with Crippen molar-refractivity contribution in [3.05, 3.63) is 29.8 Å². The fraction of sp³-hybridized carbons (Fsp3) is 0.571. The largest absolute Gasteiger partial charge is 0.508 e. The van der Waals surface area contributed by atoms with Gasteiger partial charge in [0.1, 0.15) is 5.75 Å². The minimum absolute atomic E-state index is 0.256. The number of hydrogen-bond donors (Lipinski definition) is 2. The van der Waals surface area contributed by atoms with Crippen molar-refractivity contribution < 1.29 is 5.11 Å². The molecule has 0 bridgehead atoms. The van der Waals surface area contributed by atoms with E-state index >= 15 is 0 Å². The first kappa shape index (κ1) is 11.5. The molecule has 1 unspecified atom stereocenters. The van der Waals surface area contributed by atoms with Crippen LogP contribution in [0.2, 0.25) is 0 Å². The van der Waals surface area contributed by atoms with Crippen LogP contribution in [0.1, 0.15) is 38.2 Å². The SMILES string of the molecule is CCC1(Cc2cccc(O)c2)CCCCN1. The quantitative estimate of drug-likeness (QED) is 0.819. The first-order valence-electron chi connectivity index (χ1n) is 6.27. The lowest BCUT2D eigenvalue weighted by molar-refractivity contribution is 0.243.